The topological polar surface area (TPSA) is 29.3 Å². The Morgan fingerprint density at radius 3 is 2.71 bits per heavy atom. The van der Waals surface area contributed by atoms with Crippen LogP contribution in [0.25, 0.3) is 0 Å². The standard InChI is InChI=1S/C17H26BrClN2/c1-21(12-13-5-3-2-4-6-13)10-9-17(20)15-8-7-14(18)11-16(15)19/h7-8,11,13,17H,2-6,9-10,12,20H2,1H3. The number of nitrogens with two attached hydrogens (primary N) is 1. The fraction of sp³-hybridized carbons (Fsp3) is 0.647. The van der Waals surface area contributed by atoms with Gasteiger partial charge in [0, 0.05) is 22.1 Å². The Balaban J connectivity index is 1.78. The zero-order valence-corrected chi connectivity index (χ0v) is 15.2. The number of benzene rings is 1. The van der Waals surface area contributed by atoms with Gasteiger partial charge < -0.3 is 10.6 Å². The fourth-order valence-corrected chi connectivity index (χ4v) is 4.03. The molecule has 1 aromatic carbocycles. The number of halogens is 2. The lowest BCUT2D eigenvalue weighted by Gasteiger charge is -2.27. The third kappa shape index (κ3) is 5.55. The minimum Gasteiger partial charge on any atom is -0.324 e. The van der Waals surface area contributed by atoms with Crippen molar-refractivity contribution in [1.29, 1.82) is 0 Å². The summed E-state index contributed by atoms with van der Waals surface area (Å²) in [6.45, 7) is 2.24. The van der Waals surface area contributed by atoms with Crippen LogP contribution in [-0.4, -0.2) is 25.0 Å². The molecule has 118 valence electrons. The highest BCUT2D eigenvalue weighted by atomic mass is 79.9. The molecule has 2 rings (SSSR count). The van der Waals surface area contributed by atoms with E-state index >= 15 is 0 Å². The predicted molar refractivity (Wildman–Crippen MR) is 94.8 cm³/mol. The van der Waals surface area contributed by atoms with Crippen molar-refractivity contribution in [3.05, 3.63) is 33.3 Å². The first-order chi connectivity index (χ1) is 10.1. The molecule has 4 heteroatoms. The summed E-state index contributed by atoms with van der Waals surface area (Å²) >= 11 is 9.70. The van der Waals surface area contributed by atoms with Gasteiger partial charge in [0.2, 0.25) is 0 Å². The molecule has 1 aliphatic rings. The molecule has 1 unspecified atom stereocenters. The van der Waals surface area contributed by atoms with Crippen molar-refractivity contribution in [2.45, 2.75) is 44.6 Å². The van der Waals surface area contributed by atoms with E-state index in [0.29, 0.717) is 0 Å². The first-order valence-electron chi connectivity index (χ1n) is 7.95. The van der Waals surface area contributed by atoms with Gasteiger partial charge in [0.1, 0.15) is 0 Å². The van der Waals surface area contributed by atoms with Crippen LogP contribution in [0.1, 0.15) is 50.1 Å². The monoisotopic (exact) mass is 372 g/mol. The maximum Gasteiger partial charge on any atom is 0.0464 e. The minimum absolute atomic E-state index is 0.0133. The molecule has 2 nitrogen and oxygen atoms in total. The van der Waals surface area contributed by atoms with E-state index in [9.17, 15) is 0 Å². The van der Waals surface area contributed by atoms with Crippen molar-refractivity contribution in [2.24, 2.45) is 11.7 Å². The summed E-state index contributed by atoms with van der Waals surface area (Å²) < 4.78 is 0.998. The molecule has 1 saturated carbocycles. The van der Waals surface area contributed by atoms with Crippen molar-refractivity contribution >= 4 is 27.5 Å². The molecule has 0 aromatic heterocycles. The van der Waals surface area contributed by atoms with E-state index in [-0.39, 0.29) is 6.04 Å². The maximum atomic E-state index is 6.30. The molecule has 0 spiro atoms. The average molecular weight is 374 g/mol. The molecule has 0 radical (unpaired) electrons. The van der Waals surface area contributed by atoms with Crippen LogP contribution in [0.3, 0.4) is 0 Å². The van der Waals surface area contributed by atoms with E-state index in [1.165, 1.54) is 38.6 Å². The predicted octanol–water partition coefficient (Wildman–Crippen LogP) is 5.00. The van der Waals surface area contributed by atoms with Gasteiger partial charge in [-0.2, -0.15) is 0 Å². The smallest absolute Gasteiger partial charge is 0.0464 e. The molecular weight excluding hydrogens is 348 g/mol. The van der Waals surface area contributed by atoms with E-state index in [0.717, 1.165) is 33.9 Å². The van der Waals surface area contributed by atoms with Gasteiger partial charge in [0.25, 0.3) is 0 Å². The lowest BCUT2D eigenvalue weighted by Crippen LogP contribution is -2.29. The summed E-state index contributed by atoms with van der Waals surface area (Å²) in [6, 6.07) is 5.97. The highest BCUT2D eigenvalue weighted by Crippen LogP contribution is 2.27. The second-order valence-corrected chi connectivity index (χ2v) is 7.65. The molecule has 0 bridgehead atoms. The molecule has 1 aliphatic carbocycles. The zero-order valence-electron chi connectivity index (χ0n) is 12.8. The summed E-state index contributed by atoms with van der Waals surface area (Å²) in [7, 11) is 2.21. The third-order valence-electron chi connectivity index (χ3n) is 4.48. The van der Waals surface area contributed by atoms with E-state index in [4.69, 9.17) is 17.3 Å². The van der Waals surface area contributed by atoms with Crippen molar-refractivity contribution in [3.8, 4) is 0 Å². The second-order valence-electron chi connectivity index (χ2n) is 6.33. The van der Waals surface area contributed by atoms with Crippen molar-refractivity contribution in [1.82, 2.24) is 4.90 Å². The van der Waals surface area contributed by atoms with Gasteiger partial charge in [0.15, 0.2) is 0 Å². The van der Waals surface area contributed by atoms with Gasteiger partial charge in [-0.3, -0.25) is 0 Å². The van der Waals surface area contributed by atoms with Gasteiger partial charge in [0.05, 0.1) is 0 Å². The number of nitrogens with zero attached hydrogens (tertiary/aromatic N) is 1. The van der Waals surface area contributed by atoms with Gasteiger partial charge in [-0.1, -0.05) is 52.9 Å². The second kappa shape index (κ2) is 8.52. The highest BCUT2D eigenvalue weighted by molar-refractivity contribution is 9.10. The molecule has 1 atom stereocenters. The normalized spacial score (nSPS) is 18.1. The Labute approximate surface area is 142 Å². The maximum absolute atomic E-state index is 6.30. The van der Waals surface area contributed by atoms with Crippen LogP contribution in [0.5, 0.6) is 0 Å². The van der Waals surface area contributed by atoms with Gasteiger partial charge >= 0.3 is 0 Å². The summed E-state index contributed by atoms with van der Waals surface area (Å²) in [5.41, 5.74) is 7.35. The highest BCUT2D eigenvalue weighted by Gasteiger charge is 2.16. The van der Waals surface area contributed by atoms with Crippen LogP contribution in [0.15, 0.2) is 22.7 Å². The van der Waals surface area contributed by atoms with Gasteiger partial charge in [-0.05, 0) is 56.5 Å². The van der Waals surface area contributed by atoms with Crippen LogP contribution in [0.2, 0.25) is 5.02 Å². The molecule has 1 fully saturated rings. The van der Waals surface area contributed by atoms with Gasteiger partial charge in [-0.25, -0.2) is 0 Å². The quantitative estimate of drug-likeness (QED) is 0.760. The molecule has 1 aromatic rings. The lowest BCUT2D eigenvalue weighted by atomic mass is 9.89. The molecular formula is C17H26BrClN2. The van der Waals surface area contributed by atoms with E-state index in [1.807, 2.05) is 18.2 Å². The lowest BCUT2D eigenvalue weighted by molar-refractivity contribution is 0.228. The Bertz CT molecular complexity index is 446. The molecule has 0 heterocycles. The fourth-order valence-electron chi connectivity index (χ4n) is 3.22. The van der Waals surface area contributed by atoms with E-state index in [1.54, 1.807) is 0 Å². The van der Waals surface area contributed by atoms with Gasteiger partial charge in [-0.15, -0.1) is 0 Å². The number of hydrogen-bond donors (Lipinski definition) is 1. The van der Waals surface area contributed by atoms with Crippen molar-refractivity contribution < 1.29 is 0 Å². The Hall–Kier alpha value is -0.0900. The number of rotatable bonds is 6. The third-order valence-corrected chi connectivity index (χ3v) is 5.30. The summed E-state index contributed by atoms with van der Waals surface area (Å²) in [6.07, 6.45) is 7.99. The average Bonchev–Trinajstić information content (AvgIpc) is 2.46. The summed E-state index contributed by atoms with van der Waals surface area (Å²) in [4.78, 5) is 2.43. The molecule has 0 aliphatic heterocycles. The molecule has 2 N–H and O–H groups in total. The molecule has 0 saturated heterocycles. The van der Waals surface area contributed by atoms with Crippen molar-refractivity contribution in [3.63, 3.8) is 0 Å². The summed E-state index contributed by atoms with van der Waals surface area (Å²) in [5.74, 6) is 0.885. The Kier molecular flexibility index (Phi) is 7.00. The molecule has 21 heavy (non-hydrogen) atoms. The van der Waals surface area contributed by atoms with Crippen LogP contribution >= 0.6 is 27.5 Å². The SMILES string of the molecule is CN(CCC(N)c1ccc(Br)cc1Cl)CC1CCCCC1. The van der Waals surface area contributed by atoms with E-state index < -0.39 is 0 Å². The van der Waals surface area contributed by atoms with E-state index in [2.05, 4.69) is 27.9 Å². The van der Waals surface area contributed by atoms with Crippen molar-refractivity contribution in [2.75, 3.05) is 20.1 Å². The van der Waals surface area contributed by atoms with Crippen LogP contribution < -0.4 is 5.73 Å². The van der Waals surface area contributed by atoms with Crippen LogP contribution in [0, 0.1) is 5.92 Å². The first kappa shape index (κ1) is 17.3. The molecule has 0 amide bonds. The largest absolute Gasteiger partial charge is 0.324 e. The minimum atomic E-state index is 0.0133. The number of hydrogen-bond acceptors (Lipinski definition) is 2. The van der Waals surface area contributed by atoms with Crippen LogP contribution in [-0.2, 0) is 0 Å². The first-order valence-corrected chi connectivity index (χ1v) is 9.12. The van der Waals surface area contributed by atoms with Crippen LogP contribution in [0.4, 0.5) is 0 Å². The Morgan fingerprint density at radius 1 is 1.33 bits per heavy atom. The Morgan fingerprint density at radius 2 is 2.05 bits per heavy atom. The summed E-state index contributed by atoms with van der Waals surface area (Å²) in [5, 5.41) is 0.756. The zero-order chi connectivity index (χ0) is 15.2.